The van der Waals surface area contributed by atoms with E-state index in [1.54, 1.807) is 29.0 Å². The molecule has 0 saturated heterocycles. The zero-order chi connectivity index (χ0) is 16.9. The van der Waals surface area contributed by atoms with Crippen LogP contribution in [0.2, 0.25) is 0 Å². The average Bonchev–Trinajstić information content (AvgIpc) is 3.21. The molecule has 0 unspecified atom stereocenters. The van der Waals surface area contributed by atoms with Gasteiger partial charge in [0, 0.05) is 38.0 Å². The number of fused-ring (bicyclic) bond motifs is 1. The number of benzene rings is 1. The predicted octanol–water partition coefficient (Wildman–Crippen LogP) is 2.11. The molecule has 126 valence electrons. The Balaban J connectivity index is 1.72. The number of carbonyl (C=O) groups is 1. The van der Waals surface area contributed by atoms with Crippen LogP contribution < -0.4 is 5.32 Å². The van der Waals surface area contributed by atoms with Gasteiger partial charge in [-0.2, -0.15) is 0 Å². The zero-order valence-corrected chi connectivity index (χ0v) is 14.3. The maximum atomic E-state index is 12.6. The van der Waals surface area contributed by atoms with Crippen LogP contribution in [0.1, 0.15) is 5.01 Å². The molecule has 3 aromatic rings. The molecule has 24 heavy (non-hydrogen) atoms. The lowest BCUT2D eigenvalue weighted by Crippen LogP contribution is -2.36. The summed E-state index contributed by atoms with van der Waals surface area (Å²) in [5.41, 5.74) is 2.32. The highest BCUT2D eigenvalue weighted by molar-refractivity contribution is 7.09. The number of nitrogens with zero attached hydrogens (tertiary/aromatic N) is 5. The van der Waals surface area contributed by atoms with E-state index < -0.39 is 0 Å². The quantitative estimate of drug-likeness (QED) is 0.739. The van der Waals surface area contributed by atoms with Gasteiger partial charge in [-0.25, -0.2) is 14.5 Å². The number of rotatable bonds is 6. The second-order valence-electron chi connectivity index (χ2n) is 5.19. The summed E-state index contributed by atoms with van der Waals surface area (Å²) >= 11 is 1.52. The molecule has 0 atom stereocenters. The van der Waals surface area contributed by atoms with Crippen LogP contribution in [0.25, 0.3) is 11.0 Å². The number of nitrogens with one attached hydrogen (secondary N) is 1. The van der Waals surface area contributed by atoms with Crippen molar-refractivity contribution in [1.29, 1.82) is 0 Å². The molecule has 0 aliphatic carbocycles. The van der Waals surface area contributed by atoms with Crippen molar-refractivity contribution in [3.05, 3.63) is 34.8 Å². The molecule has 0 aliphatic heterocycles. The minimum atomic E-state index is -0.203. The van der Waals surface area contributed by atoms with Crippen molar-refractivity contribution in [1.82, 2.24) is 24.9 Å². The molecule has 8 nitrogen and oxygen atoms in total. The Labute approximate surface area is 143 Å². The molecule has 3 rings (SSSR count). The van der Waals surface area contributed by atoms with Gasteiger partial charge in [-0.1, -0.05) is 5.21 Å². The molecule has 0 spiro atoms. The summed E-state index contributed by atoms with van der Waals surface area (Å²) in [5.74, 6) is 0. The fourth-order valence-electron chi connectivity index (χ4n) is 2.27. The van der Waals surface area contributed by atoms with Crippen molar-refractivity contribution in [2.75, 3.05) is 25.6 Å². The summed E-state index contributed by atoms with van der Waals surface area (Å²) < 4.78 is 6.78. The smallest absolute Gasteiger partial charge is 0.322 e. The number of hydrogen-bond acceptors (Lipinski definition) is 6. The normalized spacial score (nSPS) is 10.9. The number of hydrogen-bond donors (Lipinski definition) is 1. The highest BCUT2D eigenvalue weighted by Crippen LogP contribution is 2.17. The van der Waals surface area contributed by atoms with Crippen molar-refractivity contribution in [3.8, 4) is 0 Å². The lowest BCUT2D eigenvalue weighted by atomic mass is 10.2. The van der Waals surface area contributed by atoms with Crippen LogP contribution in [0.15, 0.2) is 29.8 Å². The van der Waals surface area contributed by atoms with Crippen LogP contribution in [0.5, 0.6) is 0 Å². The van der Waals surface area contributed by atoms with E-state index in [0.29, 0.717) is 25.4 Å². The van der Waals surface area contributed by atoms with Crippen molar-refractivity contribution in [2.24, 2.45) is 7.05 Å². The molecular weight excluding hydrogens is 328 g/mol. The first-order valence-corrected chi connectivity index (χ1v) is 8.28. The molecule has 0 aliphatic rings. The Hall–Kier alpha value is -2.52. The number of thiazole rings is 1. The van der Waals surface area contributed by atoms with Crippen LogP contribution in [0.4, 0.5) is 10.5 Å². The number of methoxy groups -OCH3 is 1. The summed E-state index contributed by atoms with van der Waals surface area (Å²) in [4.78, 5) is 18.5. The van der Waals surface area contributed by atoms with Gasteiger partial charge in [0.15, 0.2) is 0 Å². The van der Waals surface area contributed by atoms with Crippen molar-refractivity contribution in [2.45, 2.75) is 6.54 Å². The van der Waals surface area contributed by atoms with Gasteiger partial charge in [-0.15, -0.1) is 16.4 Å². The second kappa shape index (κ2) is 7.37. The van der Waals surface area contributed by atoms with E-state index >= 15 is 0 Å². The van der Waals surface area contributed by atoms with E-state index in [4.69, 9.17) is 4.74 Å². The SMILES string of the molecule is COCCN(Cc1nccs1)C(=O)Nc1ccc2c(c1)nnn2C. The van der Waals surface area contributed by atoms with Gasteiger partial charge in [0.2, 0.25) is 0 Å². The van der Waals surface area contributed by atoms with Crippen molar-refractivity contribution >= 4 is 34.1 Å². The van der Waals surface area contributed by atoms with E-state index in [1.165, 1.54) is 11.3 Å². The lowest BCUT2D eigenvalue weighted by Gasteiger charge is -2.21. The number of aryl methyl sites for hydroxylation is 1. The van der Waals surface area contributed by atoms with E-state index in [-0.39, 0.29) is 6.03 Å². The number of ether oxygens (including phenoxy) is 1. The lowest BCUT2D eigenvalue weighted by molar-refractivity contribution is 0.153. The largest absolute Gasteiger partial charge is 0.383 e. The molecule has 9 heteroatoms. The molecule has 2 heterocycles. The van der Waals surface area contributed by atoms with Crippen LogP contribution >= 0.6 is 11.3 Å². The van der Waals surface area contributed by atoms with Gasteiger partial charge in [0.25, 0.3) is 0 Å². The van der Waals surface area contributed by atoms with Crippen LogP contribution in [0.3, 0.4) is 0 Å². The van der Waals surface area contributed by atoms with Gasteiger partial charge in [-0.05, 0) is 18.2 Å². The molecule has 2 aromatic heterocycles. The van der Waals surface area contributed by atoms with Crippen LogP contribution in [-0.2, 0) is 18.3 Å². The van der Waals surface area contributed by atoms with Crippen molar-refractivity contribution in [3.63, 3.8) is 0 Å². The molecular formula is C15H18N6O2S. The maximum absolute atomic E-state index is 12.6. The van der Waals surface area contributed by atoms with Gasteiger partial charge < -0.3 is 15.0 Å². The first kappa shape index (κ1) is 16.3. The topological polar surface area (TPSA) is 85.2 Å². The molecule has 0 radical (unpaired) electrons. The van der Waals surface area contributed by atoms with Gasteiger partial charge >= 0.3 is 6.03 Å². The third-order valence-electron chi connectivity index (χ3n) is 3.52. The second-order valence-corrected chi connectivity index (χ2v) is 6.17. The van der Waals surface area contributed by atoms with Crippen LogP contribution in [-0.4, -0.2) is 51.2 Å². The molecule has 1 N–H and O–H groups in total. The standard InChI is InChI=1S/C15H18N6O2S/c1-20-13-4-3-11(9-12(13)18-19-20)17-15(22)21(6-7-23-2)10-14-16-5-8-24-14/h3-5,8-9H,6-7,10H2,1-2H3,(H,17,22). The first-order valence-electron chi connectivity index (χ1n) is 7.40. The zero-order valence-electron chi connectivity index (χ0n) is 13.5. The highest BCUT2D eigenvalue weighted by atomic mass is 32.1. The van der Waals surface area contributed by atoms with Gasteiger partial charge in [-0.3, -0.25) is 0 Å². The van der Waals surface area contributed by atoms with Crippen LogP contribution in [0, 0.1) is 0 Å². The Morgan fingerprint density at radius 3 is 3.08 bits per heavy atom. The fourth-order valence-corrected chi connectivity index (χ4v) is 2.90. The van der Waals surface area contributed by atoms with E-state index in [1.807, 2.05) is 24.6 Å². The molecule has 2 amide bonds. The molecule has 0 fully saturated rings. The average molecular weight is 346 g/mol. The van der Waals surface area contributed by atoms with Gasteiger partial charge in [0.1, 0.15) is 10.5 Å². The predicted molar refractivity (Wildman–Crippen MR) is 91.9 cm³/mol. The van der Waals surface area contributed by atoms with E-state index in [2.05, 4.69) is 20.6 Å². The Bertz CT molecular complexity index is 817. The Kier molecular flexibility index (Phi) is 5.02. The third kappa shape index (κ3) is 3.69. The molecule has 0 bridgehead atoms. The number of aromatic nitrogens is 4. The minimum Gasteiger partial charge on any atom is -0.383 e. The van der Waals surface area contributed by atoms with E-state index in [9.17, 15) is 4.79 Å². The summed E-state index contributed by atoms with van der Waals surface area (Å²) in [7, 11) is 3.44. The summed E-state index contributed by atoms with van der Waals surface area (Å²) in [5, 5.41) is 13.7. The number of anilines is 1. The van der Waals surface area contributed by atoms with Gasteiger partial charge in [0.05, 0.1) is 18.7 Å². The Morgan fingerprint density at radius 2 is 2.33 bits per heavy atom. The minimum absolute atomic E-state index is 0.203. The third-order valence-corrected chi connectivity index (χ3v) is 4.29. The number of urea groups is 1. The monoisotopic (exact) mass is 346 g/mol. The summed E-state index contributed by atoms with van der Waals surface area (Å²) in [6, 6.07) is 5.32. The highest BCUT2D eigenvalue weighted by Gasteiger charge is 2.16. The van der Waals surface area contributed by atoms with Crippen molar-refractivity contribution < 1.29 is 9.53 Å². The summed E-state index contributed by atoms with van der Waals surface area (Å²) in [6.07, 6.45) is 1.73. The summed E-state index contributed by atoms with van der Waals surface area (Å²) in [6.45, 7) is 1.39. The fraction of sp³-hybridized carbons (Fsp3) is 0.333. The molecule has 0 saturated carbocycles. The first-order chi connectivity index (χ1) is 11.7. The number of carbonyl (C=O) groups excluding carboxylic acids is 1. The maximum Gasteiger partial charge on any atom is 0.322 e. The van der Waals surface area contributed by atoms with E-state index in [0.717, 1.165) is 16.0 Å². The number of amides is 2. The Morgan fingerprint density at radius 1 is 1.46 bits per heavy atom. The molecule has 1 aromatic carbocycles.